The van der Waals surface area contributed by atoms with Gasteiger partial charge in [-0.05, 0) is 39.7 Å². The molecule has 3 nitrogen and oxygen atoms in total. The van der Waals surface area contributed by atoms with Gasteiger partial charge in [0.15, 0.2) is 0 Å². The van der Waals surface area contributed by atoms with E-state index < -0.39 is 18.4 Å². The number of aryl methyl sites for hydroxylation is 1. The summed E-state index contributed by atoms with van der Waals surface area (Å²) in [6.07, 6.45) is 0.845. The molecular weight excluding hydrogens is 420 g/mol. The third-order valence-corrected chi connectivity index (χ3v) is 11.6. The van der Waals surface area contributed by atoms with Crippen LogP contribution in [-0.4, -0.2) is 16.7 Å². The van der Waals surface area contributed by atoms with Crippen molar-refractivity contribution in [2.24, 2.45) is 0 Å². The van der Waals surface area contributed by atoms with Crippen molar-refractivity contribution >= 4 is 34.0 Å². The number of benzene rings is 4. The predicted octanol–water partition coefficient (Wildman–Crippen LogP) is 3.62. The highest BCUT2D eigenvalue weighted by molar-refractivity contribution is 7.88. The van der Waals surface area contributed by atoms with Crippen LogP contribution >= 0.6 is 0 Å². The molecule has 0 bridgehead atoms. The van der Waals surface area contributed by atoms with Gasteiger partial charge in [0.05, 0.1) is 4.90 Å². The second kappa shape index (κ2) is 9.02. The van der Waals surface area contributed by atoms with Gasteiger partial charge in [0.25, 0.3) is 10.1 Å². The Bertz CT molecular complexity index is 1130. The van der Waals surface area contributed by atoms with Gasteiger partial charge in [0, 0.05) is 0 Å². The van der Waals surface area contributed by atoms with Crippen LogP contribution in [0.5, 0.6) is 0 Å². The van der Waals surface area contributed by atoms with Gasteiger partial charge in [-0.25, -0.2) is 0 Å². The quantitative estimate of drug-likeness (QED) is 0.323. The SMILES string of the molecule is CCc1ccc(S(=O)(=O)O[Si](c2ccccc2)(c2ccccc2)c2ccccc2)cc1. The summed E-state index contributed by atoms with van der Waals surface area (Å²) in [4.78, 5) is 0.171. The summed E-state index contributed by atoms with van der Waals surface area (Å²) < 4.78 is 33.5. The first-order valence-corrected chi connectivity index (χ1v) is 13.6. The van der Waals surface area contributed by atoms with E-state index in [4.69, 9.17) is 3.87 Å². The van der Waals surface area contributed by atoms with Crippen molar-refractivity contribution in [2.75, 3.05) is 0 Å². The van der Waals surface area contributed by atoms with Gasteiger partial charge in [-0.2, -0.15) is 8.42 Å². The van der Waals surface area contributed by atoms with E-state index in [9.17, 15) is 8.42 Å². The second-order valence-electron chi connectivity index (χ2n) is 7.31. The third kappa shape index (κ3) is 4.25. The van der Waals surface area contributed by atoms with Crippen LogP contribution in [0.15, 0.2) is 120 Å². The smallest absolute Gasteiger partial charge is 0.294 e. The molecule has 0 unspecified atom stereocenters. The normalized spacial score (nSPS) is 11.9. The Morgan fingerprint density at radius 3 is 1.35 bits per heavy atom. The first-order valence-electron chi connectivity index (χ1n) is 10.3. The topological polar surface area (TPSA) is 43.4 Å². The van der Waals surface area contributed by atoms with E-state index in [2.05, 4.69) is 0 Å². The van der Waals surface area contributed by atoms with Crippen molar-refractivity contribution in [2.45, 2.75) is 18.2 Å². The molecule has 0 saturated heterocycles. The molecule has 31 heavy (non-hydrogen) atoms. The molecular formula is C26H24O3SSi. The molecule has 5 heteroatoms. The van der Waals surface area contributed by atoms with Crippen molar-refractivity contribution in [3.8, 4) is 0 Å². The van der Waals surface area contributed by atoms with Crippen LogP contribution in [0.4, 0.5) is 0 Å². The predicted molar refractivity (Wildman–Crippen MR) is 128 cm³/mol. The summed E-state index contributed by atoms with van der Waals surface area (Å²) in [7, 11) is -7.38. The summed E-state index contributed by atoms with van der Waals surface area (Å²) in [5.74, 6) is 0. The Morgan fingerprint density at radius 1 is 0.613 bits per heavy atom. The molecule has 0 aliphatic rings. The highest BCUT2D eigenvalue weighted by Gasteiger charge is 2.46. The minimum atomic E-state index is -4.03. The molecule has 0 radical (unpaired) electrons. The standard InChI is InChI=1S/C26H24O3SSi/c1-2-22-18-20-23(21-19-22)30(27,28)29-31(24-12-6-3-7-13-24,25-14-8-4-9-15-25)26-16-10-5-11-17-26/h3-21H,2H2,1H3. The van der Waals surface area contributed by atoms with Crippen molar-refractivity contribution in [1.82, 2.24) is 0 Å². The highest BCUT2D eigenvalue weighted by atomic mass is 32.2. The zero-order chi connectivity index (χ0) is 21.7. The van der Waals surface area contributed by atoms with Crippen LogP contribution < -0.4 is 15.6 Å². The minimum absolute atomic E-state index is 0.171. The maximum absolute atomic E-state index is 13.6. The van der Waals surface area contributed by atoms with E-state index in [1.54, 1.807) is 12.1 Å². The molecule has 0 aromatic heterocycles. The maximum atomic E-state index is 13.6. The van der Waals surface area contributed by atoms with Crippen LogP contribution in [0.3, 0.4) is 0 Å². The van der Waals surface area contributed by atoms with Crippen LogP contribution in [0.25, 0.3) is 0 Å². The van der Waals surface area contributed by atoms with E-state index in [0.717, 1.165) is 27.5 Å². The van der Waals surface area contributed by atoms with E-state index in [0.29, 0.717) is 0 Å². The van der Waals surface area contributed by atoms with Crippen molar-refractivity contribution in [1.29, 1.82) is 0 Å². The summed E-state index contributed by atoms with van der Waals surface area (Å²) >= 11 is 0. The Labute approximate surface area is 185 Å². The molecule has 0 fully saturated rings. The third-order valence-electron chi connectivity index (χ3n) is 5.40. The van der Waals surface area contributed by atoms with Crippen molar-refractivity contribution < 1.29 is 12.3 Å². The average molecular weight is 445 g/mol. The molecule has 0 aliphatic carbocycles. The van der Waals surface area contributed by atoms with Gasteiger partial charge in [-0.3, -0.25) is 3.87 Å². The Hall–Kier alpha value is -2.99. The van der Waals surface area contributed by atoms with E-state index in [1.165, 1.54) is 0 Å². The molecule has 0 saturated carbocycles. The summed E-state index contributed by atoms with van der Waals surface area (Å²) in [5.41, 5.74) is 1.08. The Morgan fingerprint density at radius 2 is 1.00 bits per heavy atom. The molecule has 0 heterocycles. The van der Waals surface area contributed by atoms with Crippen LogP contribution in [-0.2, 0) is 20.4 Å². The fraction of sp³-hybridized carbons (Fsp3) is 0.0769. The van der Waals surface area contributed by atoms with Crippen molar-refractivity contribution in [3.05, 3.63) is 121 Å². The summed E-state index contributed by atoms with van der Waals surface area (Å²) in [6, 6.07) is 36.0. The van der Waals surface area contributed by atoms with Gasteiger partial charge in [0.1, 0.15) is 0 Å². The maximum Gasteiger partial charge on any atom is 0.310 e. The molecule has 4 rings (SSSR count). The fourth-order valence-electron chi connectivity index (χ4n) is 3.77. The molecule has 0 atom stereocenters. The van der Waals surface area contributed by atoms with E-state index >= 15 is 0 Å². The van der Waals surface area contributed by atoms with Gasteiger partial charge >= 0.3 is 8.32 Å². The lowest BCUT2D eigenvalue weighted by molar-refractivity contribution is 0.493. The largest absolute Gasteiger partial charge is 0.310 e. The molecule has 0 spiro atoms. The Balaban J connectivity index is 1.96. The summed E-state index contributed by atoms with van der Waals surface area (Å²) in [5, 5.41) is 2.63. The first kappa shape index (κ1) is 21.2. The van der Waals surface area contributed by atoms with Crippen LogP contribution in [0.2, 0.25) is 0 Å². The monoisotopic (exact) mass is 444 g/mol. The van der Waals surface area contributed by atoms with Gasteiger partial charge in [-0.1, -0.05) is 110 Å². The number of rotatable bonds is 7. The second-order valence-corrected chi connectivity index (χ2v) is 12.5. The minimum Gasteiger partial charge on any atom is -0.294 e. The lowest BCUT2D eigenvalue weighted by atomic mass is 10.2. The Kier molecular flexibility index (Phi) is 6.18. The lowest BCUT2D eigenvalue weighted by Gasteiger charge is -2.32. The molecule has 156 valence electrons. The average Bonchev–Trinajstić information content (AvgIpc) is 2.84. The van der Waals surface area contributed by atoms with E-state index in [1.807, 2.05) is 110 Å². The van der Waals surface area contributed by atoms with Gasteiger partial charge in [-0.15, -0.1) is 0 Å². The molecule has 0 aliphatic heterocycles. The molecule has 0 amide bonds. The van der Waals surface area contributed by atoms with Crippen LogP contribution in [0.1, 0.15) is 12.5 Å². The number of hydrogen-bond donors (Lipinski definition) is 0. The molecule has 4 aromatic carbocycles. The molecule has 0 N–H and O–H groups in total. The zero-order valence-corrected chi connectivity index (χ0v) is 19.1. The first-order chi connectivity index (χ1) is 15.1. The molecule has 4 aromatic rings. The van der Waals surface area contributed by atoms with Gasteiger partial charge in [0.2, 0.25) is 0 Å². The zero-order valence-electron chi connectivity index (χ0n) is 17.3. The lowest BCUT2D eigenvalue weighted by Crippen LogP contribution is -2.69. The summed E-state index contributed by atoms with van der Waals surface area (Å²) in [6.45, 7) is 2.04. The van der Waals surface area contributed by atoms with Crippen LogP contribution in [0, 0.1) is 0 Å². The number of hydrogen-bond acceptors (Lipinski definition) is 3. The highest BCUT2D eigenvalue weighted by Crippen LogP contribution is 2.20. The van der Waals surface area contributed by atoms with Gasteiger partial charge < -0.3 is 0 Å². The van der Waals surface area contributed by atoms with E-state index in [-0.39, 0.29) is 4.90 Å². The fourth-order valence-corrected chi connectivity index (χ4v) is 10.1. The van der Waals surface area contributed by atoms with Crippen molar-refractivity contribution in [3.63, 3.8) is 0 Å².